The monoisotopic (exact) mass is 443 g/mol. The number of nitrogens with zero attached hydrogens (tertiary/aromatic N) is 3. The number of halogens is 1. The highest BCUT2D eigenvalue weighted by atomic mass is 35.5. The molecule has 2 aliphatic rings. The zero-order valence-electron chi connectivity index (χ0n) is 18.2. The Kier molecular flexibility index (Phi) is 6.51. The molecule has 8 heteroatoms. The van der Waals surface area contributed by atoms with Gasteiger partial charge in [-0.2, -0.15) is 5.10 Å². The van der Waals surface area contributed by atoms with Gasteiger partial charge in [-0.25, -0.2) is 4.68 Å². The second-order valence-corrected chi connectivity index (χ2v) is 9.04. The molecule has 4 rings (SSSR count). The number of nitrogens with one attached hydrogen (secondary N) is 2. The first-order valence-corrected chi connectivity index (χ1v) is 11.5. The highest BCUT2D eigenvalue weighted by Gasteiger charge is 2.31. The quantitative estimate of drug-likeness (QED) is 0.730. The Bertz CT molecular complexity index is 942. The van der Waals surface area contributed by atoms with Crippen molar-refractivity contribution in [2.45, 2.75) is 58.4 Å². The molecule has 1 aromatic carbocycles. The van der Waals surface area contributed by atoms with Crippen molar-refractivity contribution in [2.75, 3.05) is 23.3 Å². The number of amides is 2. The third-order valence-corrected chi connectivity index (χ3v) is 6.53. The maximum Gasteiger partial charge on any atom is 0.223 e. The predicted octanol–water partition coefficient (Wildman–Crippen LogP) is 4.07. The number of piperidine rings is 1. The molecule has 0 radical (unpaired) electrons. The Morgan fingerprint density at radius 1 is 1.06 bits per heavy atom. The van der Waals surface area contributed by atoms with E-state index in [9.17, 15) is 9.59 Å². The van der Waals surface area contributed by atoms with E-state index in [-0.39, 0.29) is 17.7 Å². The topological polar surface area (TPSA) is 79.3 Å². The van der Waals surface area contributed by atoms with Crippen LogP contribution in [-0.2, 0) is 9.59 Å². The summed E-state index contributed by atoms with van der Waals surface area (Å²) in [5.41, 5.74) is 2.35. The Morgan fingerprint density at radius 3 is 2.32 bits per heavy atom. The van der Waals surface area contributed by atoms with E-state index in [1.165, 1.54) is 19.8 Å². The fourth-order valence-corrected chi connectivity index (χ4v) is 4.76. The maximum absolute atomic E-state index is 12.7. The third kappa shape index (κ3) is 4.87. The molecule has 1 saturated carbocycles. The minimum atomic E-state index is -0.133. The fourth-order valence-electron chi connectivity index (χ4n) is 4.63. The molecule has 7 nitrogen and oxygen atoms in total. The fraction of sp³-hybridized carbons (Fsp3) is 0.522. The van der Waals surface area contributed by atoms with Gasteiger partial charge in [0, 0.05) is 37.0 Å². The van der Waals surface area contributed by atoms with Crippen molar-refractivity contribution < 1.29 is 9.59 Å². The lowest BCUT2D eigenvalue weighted by Crippen LogP contribution is -2.43. The van der Waals surface area contributed by atoms with Crippen LogP contribution in [0.1, 0.15) is 51.1 Å². The minimum Gasteiger partial charge on any atom is -0.355 e. The lowest BCUT2D eigenvalue weighted by Gasteiger charge is -2.34. The number of aromatic nitrogens is 2. The average Bonchev–Trinajstić information content (AvgIpc) is 3.37. The number of anilines is 2. The summed E-state index contributed by atoms with van der Waals surface area (Å²) in [5, 5.41) is 11.6. The first-order valence-electron chi connectivity index (χ1n) is 11.1. The van der Waals surface area contributed by atoms with Crippen LogP contribution in [-0.4, -0.2) is 40.7 Å². The first kappa shape index (κ1) is 21.7. The van der Waals surface area contributed by atoms with Crippen LogP contribution in [0.3, 0.4) is 0 Å². The van der Waals surface area contributed by atoms with Crippen molar-refractivity contribution >= 4 is 34.9 Å². The Balaban J connectivity index is 1.54. The summed E-state index contributed by atoms with van der Waals surface area (Å²) >= 11 is 6.06. The Morgan fingerprint density at radius 2 is 1.71 bits per heavy atom. The first-order chi connectivity index (χ1) is 14.9. The van der Waals surface area contributed by atoms with E-state index >= 15 is 0 Å². The van der Waals surface area contributed by atoms with E-state index in [0.29, 0.717) is 11.1 Å². The second-order valence-electron chi connectivity index (χ2n) is 8.60. The molecule has 166 valence electrons. The van der Waals surface area contributed by atoms with Gasteiger partial charge in [-0.3, -0.25) is 9.59 Å². The maximum atomic E-state index is 12.7. The number of hydrogen-bond donors (Lipinski definition) is 2. The highest BCUT2D eigenvalue weighted by molar-refractivity contribution is 6.30. The van der Waals surface area contributed by atoms with E-state index < -0.39 is 0 Å². The van der Waals surface area contributed by atoms with E-state index in [4.69, 9.17) is 16.7 Å². The van der Waals surface area contributed by atoms with Crippen LogP contribution in [0.2, 0.25) is 5.02 Å². The van der Waals surface area contributed by atoms with Gasteiger partial charge < -0.3 is 15.5 Å². The van der Waals surface area contributed by atoms with Crippen molar-refractivity contribution in [3.63, 3.8) is 0 Å². The number of carbonyl (C=O) groups is 2. The minimum absolute atomic E-state index is 0.0362. The zero-order chi connectivity index (χ0) is 22.0. The molecule has 1 aromatic heterocycles. The number of benzene rings is 1. The molecule has 2 amide bonds. The molecule has 1 saturated heterocycles. The van der Waals surface area contributed by atoms with Gasteiger partial charge in [0.05, 0.1) is 11.4 Å². The molecule has 0 atom stereocenters. The van der Waals surface area contributed by atoms with Crippen molar-refractivity contribution in [2.24, 2.45) is 5.92 Å². The van der Waals surface area contributed by atoms with E-state index in [0.717, 1.165) is 61.7 Å². The van der Waals surface area contributed by atoms with Crippen molar-refractivity contribution in [1.82, 2.24) is 15.1 Å². The van der Waals surface area contributed by atoms with Gasteiger partial charge in [0.2, 0.25) is 11.8 Å². The van der Waals surface area contributed by atoms with E-state index in [1.807, 2.05) is 35.9 Å². The molecule has 1 aliphatic carbocycles. The number of aryl methyl sites for hydroxylation is 1. The van der Waals surface area contributed by atoms with Crippen LogP contribution in [0.25, 0.3) is 5.69 Å². The standard InChI is InChI=1S/C23H30ClN5O2/c1-15-21(25-16(2)30)23(29(27-15)20-9-7-18(24)8-10-20)28-13-11-17(12-14-28)22(31)26-19-5-3-4-6-19/h7-10,17,19H,3-6,11-14H2,1-2H3,(H,25,30)(H,26,31). The van der Waals surface area contributed by atoms with Crippen LogP contribution in [0.15, 0.2) is 24.3 Å². The predicted molar refractivity (Wildman–Crippen MR) is 123 cm³/mol. The lowest BCUT2D eigenvalue weighted by atomic mass is 9.95. The summed E-state index contributed by atoms with van der Waals surface area (Å²) in [6.07, 6.45) is 6.19. The molecule has 0 unspecified atom stereocenters. The highest BCUT2D eigenvalue weighted by Crippen LogP contribution is 2.35. The zero-order valence-corrected chi connectivity index (χ0v) is 18.9. The molecular weight excluding hydrogens is 414 g/mol. The van der Waals surface area contributed by atoms with Crippen molar-refractivity contribution in [1.29, 1.82) is 0 Å². The van der Waals surface area contributed by atoms with Gasteiger partial charge in [-0.15, -0.1) is 0 Å². The largest absolute Gasteiger partial charge is 0.355 e. The molecule has 31 heavy (non-hydrogen) atoms. The van der Waals surface area contributed by atoms with Gasteiger partial charge in [-0.05, 0) is 56.9 Å². The van der Waals surface area contributed by atoms with E-state index in [2.05, 4.69) is 15.5 Å². The van der Waals surface area contributed by atoms with Crippen LogP contribution in [0.4, 0.5) is 11.5 Å². The van der Waals surface area contributed by atoms with Crippen molar-refractivity contribution in [3.05, 3.63) is 35.0 Å². The van der Waals surface area contributed by atoms with Crippen LogP contribution in [0, 0.1) is 12.8 Å². The second kappa shape index (κ2) is 9.30. The summed E-state index contributed by atoms with van der Waals surface area (Å²) < 4.78 is 1.86. The smallest absolute Gasteiger partial charge is 0.223 e. The molecule has 2 aromatic rings. The van der Waals surface area contributed by atoms with E-state index in [1.54, 1.807) is 0 Å². The van der Waals surface area contributed by atoms with Crippen LogP contribution >= 0.6 is 11.6 Å². The summed E-state index contributed by atoms with van der Waals surface area (Å²) in [6.45, 7) is 4.85. The van der Waals surface area contributed by atoms with Gasteiger partial charge in [0.15, 0.2) is 5.82 Å². The normalized spacial score (nSPS) is 17.7. The molecule has 0 bridgehead atoms. The molecule has 2 heterocycles. The van der Waals surface area contributed by atoms with Crippen molar-refractivity contribution in [3.8, 4) is 5.69 Å². The number of carbonyl (C=O) groups excluding carboxylic acids is 2. The summed E-state index contributed by atoms with van der Waals surface area (Å²) in [7, 11) is 0. The molecule has 0 spiro atoms. The molecule has 1 aliphatic heterocycles. The summed E-state index contributed by atoms with van der Waals surface area (Å²) in [4.78, 5) is 26.8. The molecule has 2 N–H and O–H groups in total. The van der Waals surface area contributed by atoms with Gasteiger partial charge >= 0.3 is 0 Å². The summed E-state index contributed by atoms with van der Waals surface area (Å²) in [6, 6.07) is 7.84. The SMILES string of the molecule is CC(=O)Nc1c(C)nn(-c2ccc(Cl)cc2)c1N1CCC(C(=O)NC2CCCC2)CC1. The number of hydrogen-bond acceptors (Lipinski definition) is 4. The Hall–Kier alpha value is -2.54. The average molecular weight is 444 g/mol. The van der Waals surface area contributed by atoms with Crippen LogP contribution in [0.5, 0.6) is 0 Å². The molecule has 2 fully saturated rings. The van der Waals surface area contributed by atoms with Gasteiger partial charge in [-0.1, -0.05) is 24.4 Å². The van der Waals surface area contributed by atoms with Gasteiger partial charge in [0.25, 0.3) is 0 Å². The third-order valence-electron chi connectivity index (χ3n) is 6.28. The Labute approximate surface area is 188 Å². The number of rotatable bonds is 5. The van der Waals surface area contributed by atoms with Crippen LogP contribution < -0.4 is 15.5 Å². The lowest BCUT2D eigenvalue weighted by molar-refractivity contribution is -0.126. The molecular formula is C23H30ClN5O2. The summed E-state index contributed by atoms with van der Waals surface area (Å²) in [5.74, 6) is 0.945. The van der Waals surface area contributed by atoms with Gasteiger partial charge in [0.1, 0.15) is 5.69 Å².